The summed E-state index contributed by atoms with van der Waals surface area (Å²) >= 11 is 0. The van der Waals surface area contributed by atoms with Crippen molar-refractivity contribution in [3.63, 3.8) is 0 Å². The van der Waals surface area contributed by atoms with Crippen LogP contribution in [0.3, 0.4) is 0 Å². The van der Waals surface area contributed by atoms with Crippen LogP contribution in [0.4, 0.5) is 4.79 Å². The molecule has 1 aromatic rings. The van der Waals surface area contributed by atoms with Crippen LogP contribution in [0.2, 0.25) is 0 Å². The summed E-state index contributed by atoms with van der Waals surface area (Å²) in [5.74, 6) is 2.95. The number of nitrogens with one attached hydrogen (secondary N) is 2. The Balaban J connectivity index is 1.61. The smallest absolute Gasteiger partial charge is 0.407 e. The summed E-state index contributed by atoms with van der Waals surface area (Å²) < 4.78 is 10.9. The van der Waals surface area contributed by atoms with Gasteiger partial charge in [-0.1, -0.05) is 6.92 Å². The van der Waals surface area contributed by atoms with Crippen molar-refractivity contribution in [2.24, 2.45) is 16.8 Å². The molecule has 0 bridgehead atoms. The number of fused-ring (bicyclic) bond motifs is 1. The molecule has 1 saturated heterocycles. The Bertz CT molecular complexity index is 711. The number of ether oxygens (including phenoxy) is 1. The first-order chi connectivity index (χ1) is 14.2. The molecule has 7 heteroatoms. The number of nitrogens with zero attached hydrogens (tertiary/aromatic N) is 2. The second kappa shape index (κ2) is 9.75. The van der Waals surface area contributed by atoms with Crippen LogP contribution >= 0.6 is 0 Å². The summed E-state index contributed by atoms with van der Waals surface area (Å²) in [7, 11) is 0. The predicted octanol–water partition coefficient (Wildman–Crippen LogP) is 3.80. The molecule has 3 rings (SSSR count). The van der Waals surface area contributed by atoms with Gasteiger partial charge in [-0.05, 0) is 65.0 Å². The van der Waals surface area contributed by atoms with Gasteiger partial charge in [0, 0.05) is 44.1 Å². The third-order valence-electron chi connectivity index (χ3n) is 6.05. The number of carbonyl (C=O) groups is 1. The molecule has 4 atom stereocenters. The van der Waals surface area contributed by atoms with Gasteiger partial charge in [0.2, 0.25) is 0 Å². The highest BCUT2D eigenvalue weighted by Crippen LogP contribution is 2.38. The largest absolute Gasteiger partial charge is 0.469 e. The van der Waals surface area contributed by atoms with Crippen molar-refractivity contribution in [1.82, 2.24) is 15.5 Å². The summed E-state index contributed by atoms with van der Waals surface area (Å²) in [4.78, 5) is 19.5. The molecule has 1 amide bonds. The highest BCUT2D eigenvalue weighted by atomic mass is 16.6. The number of rotatable bonds is 6. The molecule has 4 unspecified atom stereocenters. The molecule has 0 radical (unpaired) electrons. The fourth-order valence-electron chi connectivity index (χ4n) is 4.36. The molecular weight excluding hydrogens is 380 g/mol. The molecule has 30 heavy (non-hydrogen) atoms. The van der Waals surface area contributed by atoms with Gasteiger partial charge < -0.3 is 24.7 Å². The number of alkyl carbamates (subject to hydrolysis) is 1. The third kappa shape index (κ3) is 6.16. The minimum absolute atomic E-state index is 0.169. The molecule has 0 aromatic carbocycles. The first-order valence-electron chi connectivity index (χ1n) is 11.3. The third-order valence-corrected chi connectivity index (χ3v) is 6.05. The van der Waals surface area contributed by atoms with Gasteiger partial charge in [0.1, 0.15) is 11.4 Å². The van der Waals surface area contributed by atoms with E-state index in [0.29, 0.717) is 24.4 Å². The maximum absolute atomic E-state index is 12.3. The predicted molar refractivity (Wildman–Crippen MR) is 119 cm³/mol. The van der Waals surface area contributed by atoms with Crippen LogP contribution in [0.1, 0.15) is 59.6 Å². The Kier molecular flexibility index (Phi) is 7.32. The van der Waals surface area contributed by atoms with Crippen LogP contribution in [0, 0.1) is 11.8 Å². The van der Waals surface area contributed by atoms with E-state index in [0.717, 1.165) is 50.5 Å². The van der Waals surface area contributed by atoms with Crippen LogP contribution in [-0.2, 0) is 11.2 Å². The average molecular weight is 419 g/mol. The number of guanidine groups is 1. The molecule has 0 spiro atoms. The summed E-state index contributed by atoms with van der Waals surface area (Å²) in [5, 5.41) is 6.72. The quantitative estimate of drug-likeness (QED) is 0.543. The van der Waals surface area contributed by atoms with E-state index in [1.54, 1.807) is 6.26 Å². The number of hydrogen-bond donors (Lipinski definition) is 2. The number of carbonyl (C=O) groups excluding carboxylic acids is 1. The SMILES string of the molecule is CCC(C)NC(=NCCc1ccco1)N1CC2CCC(NC(=O)OC(C)(C)C)C2C1. The van der Waals surface area contributed by atoms with Crippen molar-refractivity contribution >= 4 is 12.1 Å². The van der Waals surface area contributed by atoms with Gasteiger partial charge in [0.05, 0.1) is 6.26 Å². The van der Waals surface area contributed by atoms with Crippen molar-refractivity contribution in [3.05, 3.63) is 24.2 Å². The van der Waals surface area contributed by atoms with E-state index in [1.165, 1.54) is 0 Å². The molecule has 2 fully saturated rings. The maximum atomic E-state index is 12.3. The van der Waals surface area contributed by atoms with E-state index in [2.05, 4.69) is 29.4 Å². The zero-order chi connectivity index (χ0) is 21.7. The van der Waals surface area contributed by atoms with Crippen LogP contribution in [-0.4, -0.2) is 54.3 Å². The number of amides is 1. The Hall–Kier alpha value is -2.18. The summed E-state index contributed by atoms with van der Waals surface area (Å²) in [6.45, 7) is 12.6. The minimum Gasteiger partial charge on any atom is -0.469 e. The molecule has 1 aliphatic heterocycles. The lowest BCUT2D eigenvalue weighted by atomic mass is 9.98. The zero-order valence-corrected chi connectivity index (χ0v) is 19.1. The highest BCUT2D eigenvalue weighted by Gasteiger charge is 2.44. The molecule has 1 saturated carbocycles. The zero-order valence-electron chi connectivity index (χ0n) is 19.1. The van der Waals surface area contributed by atoms with E-state index < -0.39 is 5.60 Å². The van der Waals surface area contributed by atoms with E-state index in [1.807, 2.05) is 32.9 Å². The first-order valence-corrected chi connectivity index (χ1v) is 11.3. The average Bonchev–Trinajstić information content (AvgIpc) is 3.38. The Labute approximate surface area is 180 Å². The van der Waals surface area contributed by atoms with Gasteiger partial charge in [0.25, 0.3) is 0 Å². The Morgan fingerprint density at radius 1 is 1.37 bits per heavy atom. The number of likely N-dealkylation sites (tertiary alicyclic amines) is 1. The van der Waals surface area contributed by atoms with Crippen molar-refractivity contribution < 1.29 is 13.9 Å². The van der Waals surface area contributed by atoms with Crippen LogP contribution in [0.15, 0.2) is 27.8 Å². The maximum Gasteiger partial charge on any atom is 0.407 e. The van der Waals surface area contributed by atoms with Crippen molar-refractivity contribution in [2.75, 3.05) is 19.6 Å². The number of hydrogen-bond acceptors (Lipinski definition) is 4. The second-order valence-electron chi connectivity index (χ2n) is 9.65. The molecular formula is C23H38N4O3. The first kappa shape index (κ1) is 22.5. The number of furan rings is 1. The molecule has 168 valence electrons. The van der Waals surface area contributed by atoms with Gasteiger partial charge in [-0.3, -0.25) is 4.99 Å². The van der Waals surface area contributed by atoms with E-state index in [4.69, 9.17) is 14.1 Å². The monoisotopic (exact) mass is 418 g/mol. The van der Waals surface area contributed by atoms with E-state index >= 15 is 0 Å². The van der Waals surface area contributed by atoms with Crippen LogP contribution in [0.5, 0.6) is 0 Å². The molecule has 2 N–H and O–H groups in total. The molecule has 2 aliphatic rings. The van der Waals surface area contributed by atoms with Crippen LogP contribution in [0.25, 0.3) is 0 Å². The second-order valence-corrected chi connectivity index (χ2v) is 9.65. The fraction of sp³-hybridized carbons (Fsp3) is 0.739. The van der Waals surface area contributed by atoms with Crippen molar-refractivity contribution in [3.8, 4) is 0 Å². The topological polar surface area (TPSA) is 79.1 Å². The standard InChI is InChI=1S/C23H38N4O3/c1-6-16(2)25-21(24-12-11-18-8-7-13-29-18)27-14-17-9-10-20(19(17)15-27)26-22(28)30-23(3,4)5/h7-8,13,16-17,19-20H,6,9-12,14-15H2,1-5H3,(H,24,25)(H,26,28). The van der Waals surface area contributed by atoms with Gasteiger partial charge in [-0.25, -0.2) is 4.79 Å². The lowest BCUT2D eigenvalue weighted by Crippen LogP contribution is -2.46. The van der Waals surface area contributed by atoms with Crippen molar-refractivity contribution in [2.45, 2.75) is 78.0 Å². The van der Waals surface area contributed by atoms with E-state index in [9.17, 15) is 4.79 Å². The van der Waals surface area contributed by atoms with Gasteiger partial charge in [-0.2, -0.15) is 0 Å². The van der Waals surface area contributed by atoms with Crippen LogP contribution < -0.4 is 10.6 Å². The van der Waals surface area contributed by atoms with Gasteiger partial charge in [-0.15, -0.1) is 0 Å². The van der Waals surface area contributed by atoms with Gasteiger partial charge >= 0.3 is 6.09 Å². The normalized spacial score (nSPS) is 25.2. The lowest BCUT2D eigenvalue weighted by molar-refractivity contribution is 0.0492. The van der Waals surface area contributed by atoms with Crippen molar-refractivity contribution in [1.29, 1.82) is 0 Å². The summed E-state index contributed by atoms with van der Waals surface area (Å²) in [6.07, 6.45) is 5.38. The van der Waals surface area contributed by atoms with Gasteiger partial charge in [0.15, 0.2) is 5.96 Å². The van der Waals surface area contributed by atoms with E-state index in [-0.39, 0.29) is 12.1 Å². The Morgan fingerprint density at radius 3 is 2.83 bits per heavy atom. The molecule has 7 nitrogen and oxygen atoms in total. The number of aliphatic imine (C=N–C) groups is 1. The molecule has 1 aromatic heterocycles. The molecule has 1 aliphatic carbocycles. The minimum atomic E-state index is -0.474. The Morgan fingerprint density at radius 2 is 2.17 bits per heavy atom. The molecule has 2 heterocycles. The summed E-state index contributed by atoms with van der Waals surface area (Å²) in [5.41, 5.74) is -0.474. The lowest BCUT2D eigenvalue weighted by Gasteiger charge is -2.27. The highest BCUT2D eigenvalue weighted by molar-refractivity contribution is 5.80. The fourth-order valence-corrected chi connectivity index (χ4v) is 4.36. The summed E-state index contributed by atoms with van der Waals surface area (Å²) in [6, 6.07) is 4.44.